The van der Waals surface area contributed by atoms with Crippen LogP contribution in [0.25, 0.3) is 11.6 Å². The lowest BCUT2D eigenvalue weighted by atomic mass is 10.0. The number of ether oxygens (including phenoxy) is 1. The lowest BCUT2D eigenvalue weighted by Gasteiger charge is -2.40. The fourth-order valence-electron chi connectivity index (χ4n) is 3.65. The molecule has 13 heteroatoms. The highest BCUT2D eigenvalue weighted by Crippen LogP contribution is 2.31. The zero-order chi connectivity index (χ0) is 23.1. The van der Waals surface area contributed by atoms with E-state index in [1.165, 1.54) is 39.3 Å². The molecule has 0 radical (unpaired) electrons. The second-order valence-corrected chi connectivity index (χ2v) is 7.58. The molecule has 3 aromatic rings. The molecule has 0 spiro atoms. The second-order valence-electron chi connectivity index (χ2n) is 7.58. The highest BCUT2D eigenvalue weighted by molar-refractivity contribution is 5.79. The minimum absolute atomic E-state index is 0.148. The van der Waals surface area contributed by atoms with Crippen LogP contribution in [0, 0.1) is 17.5 Å². The van der Waals surface area contributed by atoms with E-state index in [1.54, 1.807) is 7.05 Å². The number of nitrogens with zero attached hydrogens (tertiary/aromatic N) is 8. The number of urea groups is 1. The molecule has 2 aliphatic rings. The molecule has 0 bridgehead atoms. The minimum atomic E-state index is -0.747. The van der Waals surface area contributed by atoms with Crippen molar-refractivity contribution in [1.82, 2.24) is 34.6 Å². The van der Waals surface area contributed by atoms with Crippen LogP contribution in [0.5, 0.6) is 5.88 Å². The average molecular weight is 458 g/mol. The van der Waals surface area contributed by atoms with E-state index in [-0.39, 0.29) is 24.8 Å². The third-order valence-corrected chi connectivity index (χ3v) is 5.32. The number of rotatable bonds is 4. The van der Waals surface area contributed by atoms with E-state index in [2.05, 4.69) is 25.2 Å². The third kappa shape index (κ3) is 3.97. The fraction of sp³-hybridized carbons (Fsp3) is 0.300. The van der Waals surface area contributed by atoms with Crippen LogP contribution in [0.1, 0.15) is 18.0 Å². The highest BCUT2D eigenvalue weighted by atomic mass is 19.1. The Labute approximate surface area is 185 Å². The average Bonchev–Trinajstić information content (AvgIpc) is 3.39. The van der Waals surface area contributed by atoms with E-state index in [0.717, 1.165) is 12.3 Å². The van der Waals surface area contributed by atoms with Gasteiger partial charge < -0.3 is 9.64 Å². The van der Waals surface area contributed by atoms with Crippen molar-refractivity contribution in [3.63, 3.8) is 0 Å². The summed E-state index contributed by atoms with van der Waals surface area (Å²) in [6.45, 7) is 0.329. The third-order valence-electron chi connectivity index (χ3n) is 5.32. The topological polar surface area (TPSA) is 102 Å². The number of hydrazone groups is 1. The van der Waals surface area contributed by atoms with E-state index in [9.17, 15) is 18.0 Å². The summed E-state index contributed by atoms with van der Waals surface area (Å²) in [5.74, 6) is -1.97. The van der Waals surface area contributed by atoms with Gasteiger partial charge in [-0.2, -0.15) is 19.6 Å². The van der Waals surface area contributed by atoms with Crippen molar-refractivity contribution in [2.75, 3.05) is 13.1 Å². The SMILES string of the molecule is Cn1ncnc1-c1ncc(F)c(OC2CN(C(=O)N3N=CC[C@H]3c3cc(F)cc(F)c3)C2)n1. The van der Waals surface area contributed by atoms with Crippen molar-refractivity contribution in [1.29, 1.82) is 0 Å². The molecule has 5 rings (SSSR count). The van der Waals surface area contributed by atoms with E-state index in [4.69, 9.17) is 4.74 Å². The van der Waals surface area contributed by atoms with Gasteiger partial charge in [-0.25, -0.2) is 33.2 Å². The smallest absolute Gasteiger partial charge is 0.341 e. The lowest BCUT2D eigenvalue weighted by molar-refractivity contribution is 0.0230. The Hall–Kier alpha value is -4.03. The molecular formula is C20H17F3N8O2. The van der Waals surface area contributed by atoms with Crippen LogP contribution in [-0.4, -0.2) is 66.1 Å². The molecule has 33 heavy (non-hydrogen) atoms. The van der Waals surface area contributed by atoms with Crippen molar-refractivity contribution in [3.8, 4) is 17.5 Å². The maximum absolute atomic E-state index is 14.2. The van der Waals surface area contributed by atoms with Gasteiger partial charge >= 0.3 is 6.03 Å². The van der Waals surface area contributed by atoms with Crippen LogP contribution in [0.15, 0.2) is 35.8 Å². The van der Waals surface area contributed by atoms with Crippen molar-refractivity contribution >= 4 is 12.2 Å². The lowest BCUT2D eigenvalue weighted by Crippen LogP contribution is -2.59. The van der Waals surface area contributed by atoms with E-state index < -0.39 is 35.6 Å². The van der Waals surface area contributed by atoms with Gasteiger partial charge in [0.15, 0.2) is 5.82 Å². The van der Waals surface area contributed by atoms with Crippen LogP contribution < -0.4 is 4.74 Å². The Kier molecular flexibility index (Phi) is 5.15. The van der Waals surface area contributed by atoms with Gasteiger partial charge in [0.05, 0.1) is 25.3 Å². The first-order valence-corrected chi connectivity index (χ1v) is 9.99. The standard InChI is InChI=1S/C20H17F3N8O2/c1-29-18(25-10-27-29)17-24-7-15(23)19(28-17)33-14-8-30(9-14)20(32)31-16(2-3-26-31)11-4-12(21)6-13(22)5-11/h3-7,10,14,16H,2,8-9H2,1H3/t16-/m0/s1. The van der Waals surface area contributed by atoms with Gasteiger partial charge in [-0.15, -0.1) is 0 Å². The zero-order valence-electron chi connectivity index (χ0n) is 17.3. The highest BCUT2D eigenvalue weighted by Gasteiger charge is 2.39. The van der Waals surface area contributed by atoms with Gasteiger partial charge in [0.1, 0.15) is 24.1 Å². The number of aromatic nitrogens is 5. The van der Waals surface area contributed by atoms with Crippen LogP contribution in [0.2, 0.25) is 0 Å². The molecule has 0 saturated carbocycles. The summed E-state index contributed by atoms with van der Waals surface area (Å²) in [4.78, 5) is 26.3. The molecule has 2 amide bonds. The van der Waals surface area contributed by atoms with Crippen LogP contribution in [-0.2, 0) is 7.05 Å². The largest absolute Gasteiger partial charge is 0.468 e. The molecule has 4 heterocycles. The number of benzene rings is 1. The summed E-state index contributed by atoms with van der Waals surface area (Å²) in [6, 6.07) is 2.07. The van der Waals surface area contributed by atoms with Crippen molar-refractivity contribution in [3.05, 3.63) is 53.7 Å². The maximum atomic E-state index is 14.2. The Balaban J connectivity index is 1.24. The predicted molar refractivity (Wildman–Crippen MR) is 107 cm³/mol. The Morgan fingerprint density at radius 2 is 1.88 bits per heavy atom. The molecule has 1 fully saturated rings. The summed E-state index contributed by atoms with van der Waals surface area (Å²) < 4.78 is 48.5. The van der Waals surface area contributed by atoms with Gasteiger partial charge in [0.25, 0.3) is 5.88 Å². The first kappa shape index (κ1) is 20.8. The monoisotopic (exact) mass is 458 g/mol. The van der Waals surface area contributed by atoms with E-state index in [1.807, 2.05) is 0 Å². The van der Waals surface area contributed by atoms with E-state index in [0.29, 0.717) is 17.8 Å². The van der Waals surface area contributed by atoms with Crippen LogP contribution in [0.3, 0.4) is 0 Å². The van der Waals surface area contributed by atoms with Gasteiger partial charge in [-0.05, 0) is 17.7 Å². The van der Waals surface area contributed by atoms with Gasteiger partial charge in [0, 0.05) is 25.7 Å². The number of carbonyl (C=O) groups excluding carboxylic acids is 1. The molecular weight excluding hydrogens is 441 g/mol. The number of hydrogen-bond donors (Lipinski definition) is 0. The molecule has 2 aromatic heterocycles. The van der Waals surface area contributed by atoms with Gasteiger partial charge in [-0.1, -0.05) is 0 Å². The summed E-state index contributed by atoms with van der Waals surface area (Å²) in [6.07, 6.45) is 3.66. The zero-order valence-corrected chi connectivity index (χ0v) is 17.3. The molecule has 170 valence electrons. The predicted octanol–water partition coefficient (Wildman–Crippen LogP) is 2.31. The first-order valence-electron chi connectivity index (χ1n) is 9.99. The number of halogens is 3. The number of carbonyl (C=O) groups is 1. The Morgan fingerprint density at radius 1 is 1.12 bits per heavy atom. The van der Waals surface area contributed by atoms with Gasteiger partial charge in [-0.3, -0.25) is 0 Å². The molecule has 0 N–H and O–H groups in total. The number of aryl methyl sites for hydroxylation is 1. The Morgan fingerprint density at radius 3 is 2.58 bits per heavy atom. The fourth-order valence-corrected chi connectivity index (χ4v) is 3.65. The van der Waals surface area contributed by atoms with E-state index >= 15 is 0 Å². The number of hydrogen-bond acceptors (Lipinski definition) is 7. The minimum Gasteiger partial charge on any atom is -0.468 e. The van der Waals surface area contributed by atoms with Crippen LogP contribution in [0.4, 0.5) is 18.0 Å². The quantitative estimate of drug-likeness (QED) is 0.595. The van der Waals surface area contributed by atoms with Crippen molar-refractivity contribution < 1.29 is 22.7 Å². The first-order chi connectivity index (χ1) is 15.9. The molecule has 1 atom stereocenters. The van der Waals surface area contributed by atoms with Crippen molar-refractivity contribution in [2.45, 2.75) is 18.6 Å². The summed E-state index contributed by atoms with van der Waals surface area (Å²) >= 11 is 0. The summed E-state index contributed by atoms with van der Waals surface area (Å²) in [5.41, 5.74) is 0.311. The second kappa shape index (κ2) is 8.15. The normalized spacial score (nSPS) is 18.0. The molecule has 0 unspecified atom stereocenters. The molecule has 1 aromatic carbocycles. The van der Waals surface area contributed by atoms with Crippen molar-refractivity contribution in [2.24, 2.45) is 12.1 Å². The number of amides is 2. The molecule has 0 aliphatic carbocycles. The summed E-state index contributed by atoms with van der Waals surface area (Å²) in [7, 11) is 1.65. The van der Waals surface area contributed by atoms with Gasteiger partial charge in [0.2, 0.25) is 11.6 Å². The van der Waals surface area contributed by atoms with Crippen LogP contribution >= 0.6 is 0 Å². The summed E-state index contributed by atoms with van der Waals surface area (Å²) in [5, 5.41) is 9.17. The Bertz CT molecular complexity index is 1220. The maximum Gasteiger partial charge on any atom is 0.341 e. The number of likely N-dealkylation sites (tertiary alicyclic amines) is 1. The molecule has 10 nitrogen and oxygen atoms in total. The molecule has 1 saturated heterocycles. The molecule has 2 aliphatic heterocycles.